The summed E-state index contributed by atoms with van der Waals surface area (Å²) < 4.78 is 10.9. The van der Waals surface area contributed by atoms with E-state index in [4.69, 9.17) is 9.15 Å². The second-order valence-electron chi connectivity index (χ2n) is 5.91. The summed E-state index contributed by atoms with van der Waals surface area (Å²) in [6, 6.07) is 8.25. The Kier molecular flexibility index (Phi) is 5.56. The molecule has 1 aromatic carbocycles. The molecule has 0 atom stereocenters. The summed E-state index contributed by atoms with van der Waals surface area (Å²) in [6.45, 7) is 5.75. The highest BCUT2D eigenvalue weighted by Crippen LogP contribution is 2.16. The van der Waals surface area contributed by atoms with E-state index >= 15 is 0 Å². The second-order valence-corrected chi connectivity index (χ2v) is 6.97. The van der Waals surface area contributed by atoms with Gasteiger partial charge in [-0.15, -0.1) is 11.3 Å². The Morgan fingerprint density at radius 3 is 2.41 bits per heavy atom. The smallest absolute Gasteiger partial charge is 0.273 e. The fourth-order valence-electron chi connectivity index (χ4n) is 2.44. The summed E-state index contributed by atoms with van der Waals surface area (Å²) in [5, 5.41) is 2.94. The lowest BCUT2D eigenvalue weighted by molar-refractivity contribution is 0.0845. The van der Waals surface area contributed by atoms with Crippen molar-refractivity contribution in [3.63, 3.8) is 0 Å². The number of ether oxygens (including phenoxy) is 1. The highest BCUT2D eigenvalue weighted by Gasteiger charge is 2.14. The van der Waals surface area contributed by atoms with E-state index in [1.165, 1.54) is 0 Å². The molecule has 0 unspecified atom stereocenters. The van der Waals surface area contributed by atoms with Gasteiger partial charge >= 0.3 is 0 Å². The Labute approximate surface area is 160 Å². The molecule has 3 aromatic rings. The van der Waals surface area contributed by atoms with Crippen LogP contribution in [0.2, 0.25) is 0 Å². The molecule has 0 radical (unpaired) electrons. The van der Waals surface area contributed by atoms with E-state index < -0.39 is 11.8 Å². The zero-order valence-electron chi connectivity index (χ0n) is 15.2. The van der Waals surface area contributed by atoms with Crippen LogP contribution in [-0.4, -0.2) is 16.8 Å². The molecular formula is C19H19N3O4S. The first-order valence-corrected chi connectivity index (χ1v) is 9.12. The maximum Gasteiger partial charge on any atom is 0.273 e. The minimum atomic E-state index is -0.434. The van der Waals surface area contributed by atoms with Gasteiger partial charge in [0.05, 0.1) is 16.3 Å². The number of rotatable bonds is 5. The van der Waals surface area contributed by atoms with Gasteiger partial charge in [-0.25, -0.2) is 4.98 Å². The first-order chi connectivity index (χ1) is 12.9. The van der Waals surface area contributed by atoms with Gasteiger partial charge in [-0.1, -0.05) is 0 Å². The Morgan fingerprint density at radius 2 is 1.81 bits per heavy atom. The molecular weight excluding hydrogens is 366 g/mol. The van der Waals surface area contributed by atoms with E-state index in [0.717, 1.165) is 10.7 Å². The molecule has 140 valence electrons. The highest BCUT2D eigenvalue weighted by molar-refractivity contribution is 7.09. The van der Waals surface area contributed by atoms with Crippen LogP contribution in [0.15, 0.2) is 40.1 Å². The molecule has 2 amide bonds. The van der Waals surface area contributed by atoms with E-state index in [-0.39, 0.29) is 0 Å². The molecule has 0 saturated heterocycles. The Morgan fingerprint density at radius 1 is 1.11 bits per heavy atom. The molecule has 2 aromatic heterocycles. The van der Waals surface area contributed by atoms with Gasteiger partial charge in [-0.2, -0.15) is 0 Å². The summed E-state index contributed by atoms with van der Waals surface area (Å²) in [6.07, 6.45) is 0. The summed E-state index contributed by atoms with van der Waals surface area (Å²) >= 11 is 1.57. The fraction of sp³-hybridized carbons (Fsp3) is 0.211. The van der Waals surface area contributed by atoms with Crippen molar-refractivity contribution in [2.45, 2.75) is 27.4 Å². The lowest BCUT2D eigenvalue weighted by atomic mass is 10.2. The van der Waals surface area contributed by atoms with Crippen LogP contribution in [0.3, 0.4) is 0 Å². The topological polar surface area (TPSA) is 93.5 Å². The van der Waals surface area contributed by atoms with Gasteiger partial charge in [-0.3, -0.25) is 20.4 Å². The Balaban J connectivity index is 1.52. The average molecular weight is 385 g/mol. The van der Waals surface area contributed by atoms with Gasteiger partial charge in [-0.05, 0) is 51.1 Å². The van der Waals surface area contributed by atoms with Crippen molar-refractivity contribution >= 4 is 23.2 Å². The van der Waals surface area contributed by atoms with Crippen molar-refractivity contribution in [2.24, 2.45) is 0 Å². The maximum atomic E-state index is 12.2. The third-order valence-corrected chi connectivity index (χ3v) is 4.57. The molecule has 2 heterocycles. The predicted octanol–water partition coefficient (Wildman–Crippen LogP) is 3.32. The van der Waals surface area contributed by atoms with Crippen LogP contribution in [0.5, 0.6) is 5.75 Å². The van der Waals surface area contributed by atoms with E-state index in [1.807, 2.05) is 12.3 Å². The minimum absolute atomic E-state index is 0.370. The lowest BCUT2D eigenvalue weighted by Gasteiger charge is -2.08. The number of hydrogen-bond acceptors (Lipinski definition) is 6. The third kappa shape index (κ3) is 4.73. The normalized spacial score (nSPS) is 10.5. The monoisotopic (exact) mass is 385 g/mol. The molecule has 0 aliphatic rings. The van der Waals surface area contributed by atoms with Gasteiger partial charge in [0.25, 0.3) is 11.8 Å². The largest absolute Gasteiger partial charge is 0.487 e. The van der Waals surface area contributed by atoms with Crippen molar-refractivity contribution in [3.05, 3.63) is 69.1 Å². The molecule has 0 bridgehead atoms. The number of hydrazine groups is 1. The van der Waals surface area contributed by atoms with E-state index in [2.05, 4.69) is 15.8 Å². The van der Waals surface area contributed by atoms with E-state index in [0.29, 0.717) is 35.0 Å². The third-order valence-electron chi connectivity index (χ3n) is 3.74. The van der Waals surface area contributed by atoms with Gasteiger partial charge in [0.2, 0.25) is 0 Å². The van der Waals surface area contributed by atoms with Crippen LogP contribution in [0.4, 0.5) is 0 Å². The number of hydrogen-bond donors (Lipinski definition) is 2. The summed E-state index contributed by atoms with van der Waals surface area (Å²) in [7, 11) is 0. The quantitative estimate of drug-likeness (QED) is 0.657. The molecule has 0 aliphatic carbocycles. The zero-order valence-corrected chi connectivity index (χ0v) is 16.0. The molecule has 3 rings (SSSR count). The van der Waals surface area contributed by atoms with Crippen LogP contribution >= 0.6 is 11.3 Å². The molecule has 0 spiro atoms. The Hall–Kier alpha value is -3.13. The van der Waals surface area contributed by atoms with Gasteiger partial charge in [0.15, 0.2) is 0 Å². The van der Waals surface area contributed by atoms with Crippen LogP contribution in [-0.2, 0) is 6.61 Å². The number of nitrogens with zero attached hydrogens (tertiary/aromatic N) is 1. The van der Waals surface area contributed by atoms with Crippen LogP contribution in [0.1, 0.15) is 42.9 Å². The second kappa shape index (κ2) is 8.05. The first-order valence-electron chi connectivity index (χ1n) is 8.24. The van der Waals surface area contributed by atoms with E-state index in [9.17, 15) is 9.59 Å². The highest BCUT2D eigenvalue weighted by atomic mass is 32.1. The molecule has 7 nitrogen and oxygen atoms in total. The summed E-state index contributed by atoms with van der Waals surface area (Å²) in [4.78, 5) is 28.6. The number of nitrogens with one attached hydrogen (secondary N) is 2. The molecule has 0 aliphatic heterocycles. The number of furan rings is 1. The molecule has 0 saturated carbocycles. The number of amides is 2. The number of aromatic nitrogens is 1. The van der Waals surface area contributed by atoms with Crippen molar-refractivity contribution < 1.29 is 18.7 Å². The Bertz CT molecular complexity index is 960. The number of carbonyl (C=O) groups is 2. The van der Waals surface area contributed by atoms with Crippen molar-refractivity contribution in [2.75, 3.05) is 0 Å². The number of carbonyl (C=O) groups excluding carboxylic acids is 2. The average Bonchev–Trinajstić information content (AvgIpc) is 3.22. The maximum absolute atomic E-state index is 12.2. The number of thiazole rings is 1. The van der Waals surface area contributed by atoms with Gasteiger partial charge in [0, 0.05) is 10.9 Å². The minimum Gasteiger partial charge on any atom is -0.487 e. The first kappa shape index (κ1) is 18.7. The SMILES string of the molecule is Cc1cc(C(=O)NNC(=O)c2ccc(OCc3csc(C)n3)cc2)c(C)o1. The zero-order chi connectivity index (χ0) is 19.4. The predicted molar refractivity (Wildman–Crippen MR) is 101 cm³/mol. The summed E-state index contributed by atoms with van der Waals surface area (Å²) in [5.74, 6) is 0.897. The molecule has 27 heavy (non-hydrogen) atoms. The lowest BCUT2D eigenvalue weighted by Crippen LogP contribution is -2.41. The molecule has 8 heteroatoms. The van der Waals surface area contributed by atoms with Crippen molar-refractivity contribution in [3.8, 4) is 5.75 Å². The fourth-order valence-corrected chi connectivity index (χ4v) is 3.04. The molecule has 2 N–H and O–H groups in total. The van der Waals surface area contributed by atoms with Gasteiger partial charge in [0.1, 0.15) is 23.9 Å². The van der Waals surface area contributed by atoms with Crippen molar-refractivity contribution in [1.29, 1.82) is 0 Å². The van der Waals surface area contributed by atoms with E-state index in [1.54, 1.807) is 55.5 Å². The van der Waals surface area contributed by atoms with Crippen molar-refractivity contribution in [1.82, 2.24) is 15.8 Å². The standard InChI is InChI=1S/C19H19N3O4S/c1-11-8-17(12(2)26-11)19(24)22-21-18(23)14-4-6-16(7-5-14)25-9-15-10-27-13(3)20-15/h4-8,10H,9H2,1-3H3,(H,21,23)(H,22,24). The number of benzene rings is 1. The van der Waals surface area contributed by atoms with Crippen LogP contribution in [0, 0.1) is 20.8 Å². The number of aryl methyl sites for hydroxylation is 3. The van der Waals surface area contributed by atoms with Gasteiger partial charge < -0.3 is 9.15 Å². The summed E-state index contributed by atoms with van der Waals surface area (Å²) in [5.41, 5.74) is 6.41. The van der Waals surface area contributed by atoms with Crippen LogP contribution < -0.4 is 15.6 Å². The van der Waals surface area contributed by atoms with Crippen LogP contribution in [0.25, 0.3) is 0 Å². The molecule has 0 fully saturated rings.